The molecule has 166 valence electrons. The highest BCUT2D eigenvalue weighted by Crippen LogP contribution is 2.37. The molecule has 1 saturated heterocycles. The number of nitrogens with zero attached hydrogens (tertiary/aromatic N) is 2. The van der Waals surface area contributed by atoms with E-state index in [1.807, 2.05) is 17.5 Å². The van der Waals surface area contributed by atoms with Crippen molar-refractivity contribution in [2.45, 2.75) is 19.0 Å². The average Bonchev–Trinajstić information content (AvgIpc) is 3.32. The maximum Gasteiger partial charge on any atom is 0.325 e. The third-order valence-electron chi connectivity index (χ3n) is 5.25. The molecule has 0 radical (unpaired) electrons. The van der Waals surface area contributed by atoms with Gasteiger partial charge in [-0.05, 0) is 37.3 Å². The first kappa shape index (κ1) is 22.4. The van der Waals surface area contributed by atoms with Gasteiger partial charge in [-0.3, -0.25) is 9.69 Å². The first-order valence-electron chi connectivity index (χ1n) is 9.53. The lowest BCUT2D eigenvalue weighted by Crippen LogP contribution is -2.41. The number of carbonyl (C=O) groups is 2. The number of thiazole rings is 1. The molecule has 7 nitrogen and oxygen atoms in total. The van der Waals surface area contributed by atoms with Crippen LogP contribution in [0, 0.1) is 0 Å². The molecule has 0 spiro atoms. The van der Waals surface area contributed by atoms with Crippen molar-refractivity contribution < 1.29 is 19.1 Å². The minimum atomic E-state index is -1.29. The monoisotopic (exact) mass is 491 g/mol. The molecule has 2 aromatic carbocycles. The number of aromatic nitrogens is 1. The molecule has 1 atom stereocenters. The fourth-order valence-electron chi connectivity index (χ4n) is 3.56. The van der Waals surface area contributed by atoms with E-state index in [-0.39, 0.29) is 6.54 Å². The number of halogens is 2. The van der Waals surface area contributed by atoms with Gasteiger partial charge in [0.25, 0.3) is 5.91 Å². The summed E-state index contributed by atoms with van der Waals surface area (Å²) in [6.45, 7) is 1.66. The smallest absolute Gasteiger partial charge is 0.325 e. The largest absolute Gasteiger partial charge is 0.493 e. The molecule has 1 aliphatic rings. The van der Waals surface area contributed by atoms with E-state index in [2.05, 4.69) is 10.3 Å². The van der Waals surface area contributed by atoms with E-state index < -0.39 is 17.5 Å². The average molecular weight is 492 g/mol. The number of urea groups is 1. The minimum Gasteiger partial charge on any atom is -0.493 e. The summed E-state index contributed by atoms with van der Waals surface area (Å²) in [6, 6.07) is 9.81. The summed E-state index contributed by atoms with van der Waals surface area (Å²) in [4.78, 5) is 31.6. The Bertz CT molecular complexity index is 1220. The molecule has 1 N–H and O–H groups in total. The molecule has 10 heteroatoms. The molecular weight excluding hydrogens is 473 g/mol. The number of benzene rings is 2. The molecule has 0 aliphatic carbocycles. The number of carbonyl (C=O) groups excluding carboxylic acids is 2. The Morgan fingerprint density at radius 3 is 2.53 bits per heavy atom. The molecule has 1 aromatic heterocycles. The Kier molecular flexibility index (Phi) is 6.03. The van der Waals surface area contributed by atoms with Crippen molar-refractivity contribution in [3.8, 4) is 22.1 Å². The van der Waals surface area contributed by atoms with E-state index >= 15 is 0 Å². The Balaban J connectivity index is 1.57. The topological polar surface area (TPSA) is 80.8 Å². The van der Waals surface area contributed by atoms with Crippen LogP contribution in [0.25, 0.3) is 10.6 Å². The van der Waals surface area contributed by atoms with E-state index in [9.17, 15) is 9.59 Å². The second kappa shape index (κ2) is 8.61. The highest BCUT2D eigenvalue weighted by atomic mass is 35.5. The second-order valence-corrected chi connectivity index (χ2v) is 8.99. The first-order chi connectivity index (χ1) is 15.3. The van der Waals surface area contributed by atoms with Gasteiger partial charge in [0.1, 0.15) is 10.5 Å². The number of imide groups is 1. The van der Waals surface area contributed by atoms with Crippen molar-refractivity contribution in [1.82, 2.24) is 15.2 Å². The van der Waals surface area contributed by atoms with Gasteiger partial charge in [-0.15, -0.1) is 11.3 Å². The molecule has 1 unspecified atom stereocenters. The summed E-state index contributed by atoms with van der Waals surface area (Å²) >= 11 is 13.7. The standard InChI is InChI=1S/C22H19Cl2N3O4S/c1-22(15-6-5-13(23)9-16(15)24)20(28)27(21(29)26-22)10-14-11-32-19(25-14)12-4-7-17(30-2)18(8-12)31-3/h4-9,11H,10H2,1-3H3,(H,26,29). The van der Waals surface area contributed by atoms with Gasteiger partial charge in [0, 0.05) is 26.6 Å². The molecular formula is C22H19Cl2N3O4S. The molecule has 3 amide bonds. The van der Waals surface area contributed by atoms with Crippen molar-refractivity contribution in [2.24, 2.45) is 0 Å². The number of ether oxygens (including phenoxy) is 2. The molecule has 32 heavy (non-hydrogen) atoms. The third-order valence-corrected chi connectivity index (χ3v) is 6.74. The van der Waals surface area contributed by atoms with Crippen LogP contribution in [0.3, 0.4) is 0 Å². The quantitative estimate of drug-likeness (QED) is 0.485. The van der Waals surface area contributed by atoms with Crippen LogP contribution in [0.1, 0.15) is 18.2 Å². The number of amides is 3. The fraction of sp³-hybridized carbons (Fsp3) is 0.227. The Morgan fingerprint density at radius 1 is 1.09 bits per heavy atom. The van der Waals surface area contributed by atoms with E-state index in [0.717, 1.165) is 15.5 Å². The summed E-state index contributed by atoms with van der Waals surface area (Å²) in [6.07, 6.45) is 0. The van der Waals surface area contributed by atoms with Crippen LogP contribution in [0.4, 0.5) is 4.79 Å². The zero-order valence-corrected chi connectivity index (χ0v) is 19.8. The number of rotatable bonds is 6. The van der Waals surface area contributed by atoms with Crippen molar-refractivity contribution in [2.75, 3.05) is 14.2 Å². The normalized spacial score (nSPS) is 18.1. The van der Waals surface area contributed by atoms with Crippen LogP contribution in [-0.4, -0.2) is 36.0 Å². The number of hydrogen-bond acceptors (Lipinski definition) is 6. The molecule has 0 bridgehead atoms. The fourth-order valence-corrected chi connectivity index (χ4v) is 4.97. The van der Waals surface area contributed by atoms with Gasteiger partial charge in [-0.2, -0.15) is 0 Å². The van der Waals surface area contributed by atoms with E-state index in [1.54, 1.807) is 45.4 Å². The summed E-state index contributed by atoms with van der Waals surface area (Å²) in [5.41, 5.74) is 0.623. The highest BCUT2D eigenvalue weighted by molar-refractivity contribution is 7.13. The van der Waals surface area contributed by atoms with Crippen LogP contribution in [-0.2, 0) is 16.9 Å². The SMILES string of the molecule is COc1ccc(-c2nc(CN3C(=O)NC(C)(c4ccc(Cl)cc4Cl)C3=O)cs2)cc1OC. The summed E-state index contributed by atoms with van der Waals surface area (Å²) in [5, 5.41) is 6.05. The number of methoxy groups -OCH3 is 2. The molecule has 0 saturated carbocycles. The third kappa shape index (κ3) is 3.90. The van der Waals surface area contributed by atoms with Crippen molar-refractivity contribution in [1.29, 1.82) is 0 Å². The second-order valence-electron chi connectivity index (χ2n) is 7.28. The molecule has 1 aliphatic heterocycles. The van der Waals surface area contributed by atoms with Crippen molar-refractivity contribution >= 4 is 46.5 Å². The highest BCUT2D eigenvalue weighted by Gasteiger charge is 2.50. The van der Waals surface area contributed by atoms with E-state index in [4.69, 9.17) is 32.7 Å². The molecule has 1 fully saturated rings. The molecule has 4 rings (SSSR count). The predicted octanol–water partition coefficient (Wildman–Crippen LogP) is 5.10. The number of nitrogens with one attached hydrogen (secondary N) is 1. The van der Waals surface area contributed by atoms with E-state index in [0.29, 0.717) is 32.8 Å². The van der Waals surface area contributed by atoms with Gasteiger partial charge in [0.15, 0.2) is 11.5 Å². The Labute approximate surface area is 198 Å². The minimum absolute atomic E-state index is 0.0370. The zero-order chi connectivity index (χ0) is 23.0. The lowest BCUT2D eigenvalue weighted by molar-refractivity contribution is -0.131. The van der Waals surface area contributed by atoms with Gasteiger partial charge >= 0.3 is 6.03 Å². The van der Waals surface area contributed by atoms with Crippen LogP contribution in [0.2, 0.25) is 10.0 Å². The van der Waals surface area contributed by atoms with Gasteiger partial charge in [-0.1, -0.05) is 29.3 Å². The van der Waals surface area contributed by atoms with Crippen LogP contribution in [0.5, 0.6) is 11.5 Å². The summed E-state index contributed by atoms with van der Waals surface area (Å²) in [5.74, 6) is 0.798. The van der Waals surface area contributed by atoms with Gasteiger partial charge < -0.3 is 14.8 Å². The first-order valence-corrected chi connectivity index (χ1v) is 11.2. The van der Waals surface area contributed by atoms with Crippen molar-refractivity contribution in [3.05, 3.63) is 63.1 Å². The van der Waals surface area contributed by atoms with Gasteiger partial charge in [0.2, 0.25) is 0 Å². The Morgan fingerprint density at radius 2 is 1.84 bits per heavy atom. The predicted molar refractivity (Wildman–Crippen MR) is 124 cm³/mol. The van der Waals surface area contributed by atoms with Gasteiger partial charge in [0.05, 0.1) is 26.5 Å². The van der Waals surface area contributed by atoms with Crippen LogP contribution in [0.15, 0.2) is 41.8 Å². The number of hydrogen-bond donors (Lipinski definition) is 1. The molecule has 2 heterocycles. The van der Waals surface area contributed by atoms with Gasteiger partial charge in [-0.25, -0.2) is 9.78 Å². The zero-order valence-electron chi connectivity index (χ0n) is 17.4. The Hall–Kier alpha value is -2.81. The van der Waals surface area contributed by atoms with E-state index in [1.165, 1.54) is 11.3 Å². The summed E-state index contributed by atoms with van der Waals surface area (Å²) < 4.78 is 10.6. The van der Waals surface area contributed by atoms with Crippen LogP contribution < -0.4 is 14.8 Å². The van der Waals surface area contributed by atoms with Crippen LogP contribution >= 0.6 is 34.5 Å². The lowest BCUT2D eigenvalue weighted by Gasteiger charge is -2.23. The lowest BCUT2D eigenvalue weighted by atomic mass is 9.92. The van der Waals surface area contributed by atoms with Crippen molar-refractivity contribution in [3.63, 3.8) is 0 Å². The molecule has 3 aromatic rings. The summed E-state index contributed by atoms with van der Waals surface area (Å²) in [7, 11) is 3.14. The maximum atomic E-state index is 13.2. The maximum absolute atomic E-state index is 13.2.